The number of nitrogens with zero attached hydrogens (tertiary/aromatic N) is 3. The molecule has 0 aliphatic rings. The highest BCUT2D eigenvalue weighted by molar-refractivity contribution is 7.07. The van der Waals surface area contributed by atoms with Gasteiger partial charge >= 0.3 is 0 Å². The van der Waals surface area contributed by atoms with E-state index in [-0.39, 0.29) is 0 Å². The normalized spacial score (nSPS) is 10.8. The second-order valence-corrected chi connectivity index (χ2v) is 4.90. The predicted molar refractivity (Wildman–Crippen MR) is 77.3 cm³/mol. The molecule has 0 N–H and O–H groups in total. The van der Waals surface area contributed by atoms with Crippen molar-refractivity contribution in [3.05, 3.63) is 42.4 Å². The first-order chi connectivity index (χ1) is 9.85. The Morgan fingerprint density at radius 3 is 3.05 bits per heavy atom. The van der Waals surface area contributed by atoms with E-state index < -0.39 is 0 Å². The third-order valence-electron chi connectivity index (χ3n) is 2.75. The van der Waals surface area contributed by atoms with E-state index in [1.807, 2.05) is 30.3 Å². The molecule has 3 aromatic rings. The van der Waals surface area contributed by atoms with E-state index in [1.165, 1.54) is 11.5 Å². The number of pyridine rings is 1. The van der Waals surface area contributed by atoms with Crippen LogP contribution in [0.15, 0.2) is 36.5 Å². The summed E-state index contributed by atoms with van der Waals surface area (Å²) >= 11 is 1.23. The van der Waals surface area contributed by atoms with Gasteiger partial charge in [0.15, 0.2) is 0 Å². The highest BCUT2D eigenvalue weighted by Gasteiger charge is 2.07. The van der Waals surface area contributed by atoms with Gasteiger partial charge in [-0.15, -0.1) is 0 Å². The van der Waals surface area contributed by atoms with Gasteiger partial charge in [0.1, 0.15) is 11.6 Å². The molecule has 3 rings (SSSR count). The van der Waals surface area contributed by atoms with Crippen molar-refractivity contribution < 1.29 is 9.47 Å². The Balaban J connectivity index is 1.76. The third kappa shape index (κ3) is 2.92. The van der Waals surface area contributed by atoms with E-state index in [2.05, 4.69) is 14.3 Å². The summed E-state index contributed by atoms with van der Waals surface area (Å²) in [5.74, 6) is 1.40. The fourth-order valence-corrected chi connectivity index (χ4v) is 2.38. The highest BCUT2D eigenvalue weighted by atomic mass is 32.1. The van der Waals surface area contributed by atoms with E-state index >= 15 is 0 Å². The van der Waals surface area contributed by atoms with Crippen LogP contribution < -0.4 is 4.74 Å². The van der Waals surface area contributed by atoms with Gasteiger partial charge in [-0.25, -0.2) is 0 Å². The summed E-state index contributed by atoms with van der Waals surface area (Å²) in [6.45, 7) is 0.605. The molecule has 6 heteroatoms. The van der Waals surface area contributed by atoms with Crippen molar-refractivity contribution in [2.45, 2.75) is 6.42 Å². The first kappa shape index (κ1) is 13.0. The van der Waals surface area contributed by atoms with Crippen LogP contribution in [-0.4, -0.2) is 28.1 Å². The van der Waals surface area contributed by atoms with Crippen LogP contribution in [0.4, 0.5) is 0 Å². The molecule has 0 saturated heterocycles. The first-order valence-corrected chi connectivity index (χ1v) is 6.96. The van der Waals surface area contributed by atoms with Crippen LogP contribution in [0.1, 0.15) is 5.82 Å². The maximum absolute atomic E-state index is 5.69. The van der Waals surface area contributed by atoms with Crippen LogP contribution >= 0.6 is 11.5 Å². The van der Waals surface area contributed by atoms with Crippen LogP contribution in [-0.2, 0) is 11.2 Å². The number of para-hydroxylation sites is 1. The Kier molecular flexibility index (Phi) is 3.85. The SMILES string of the molecule is COCCc1nsc(Oc2cnc3ccccc3c2)n1. The van der Waals surface area contributed by atoms with Crippen molar-refractivity contribution >= 4 is 22.4 Å². The van der Waals surface area contributed by atoms with E-state index in [1.54, 1.807) is 13.3 Å². The van der Waals surface area contributed by atoms with Crippen LogP contribution in [0.25, 0.3) is 10.9 Å². The number of ether oxygens (including phenoxy) is 2. The Bertz CT molecular complexity index is 714. The van der Waals surface area contributed by atoms with E-state index in [4.69, 9.17) is 9.47 Å². The molecule has 0 fully saturated rings. The molecule has 0 aliphatic carbocycles. The number of hydrogen-bond acceptors (Lipinski definition) is 6. The summed E-state index contributed by atoms with van der Waals surface area (Å²) in [7, 11) is 1.66. The summed E-state index contributed by atoms with van der Waals surface area (Å²) in [4.78, 5) is 8.65. The summed E-state index contributed by atoms with van der Waals surface area (Å²) in [6, 6.07) is 9.84. The van der Waals surface area contributed by atoms with Gasteiger partial charge in [0.25, 0.3) is 5.19 Å². The zero-order chi connectivity index (χ0) is 13.8. The molecule has 0 spiro atoms. The van der Waals surface area contributed by atoms with Gasteiger partial charge in [-0.1, -0.05) is 18.2 Å². The summed E-state index contributed by atoms with van der Waals surface area (Å²) in [6.07, 6.45) is 2.38. The molecule has 0 unspecified atom stereocenters. The van der Waals surface area contributed by atoms with Crippen molar-refractivity contribution in [1.29, 1.82) is 0 Å². The number of rotatable bonds is 5. The average molecular weight is 287 g/mol. The standard InChI is InChI=1S/C14H13N3O2S/c1-18-7-6-13-16-14(20-17-13)19-11-8-10-4-2-3-5-12(10)15-9-11/h2-5,8-9H,6-7H2,1H3. The monoisotopic (exact) mass is 287 g/mol. The van der Waals surface area contributed by atoms with Gasteiger partial charge in [-0.05, 0) is 12.1 Å². The zero-order valence-corrected chi connectivity index (χ0v) is 11.8. The maximum atomic E-state index is 5.69. The minimum Gasteiger partial charge on any atom is -0.428 e. The molecule has 102 valence electrons. The fraction of sp³-hybridized carbons (Fsp3) is 0.214. The molecule has 2 aromatic heterocycles. The molecular formula is C14H13N3O2S. The Morgan fingerprint density at radius 2 is 2.15 bits per heavy atom. The van der Waals surface area contributed by atoms with Crippen LogP contribution in [0, 0.1) is 0 Å². The van der Waals surface area contributed by atoms with E-state index in [9.17, 15) is 0 Å². The predicted octanol–water partition coefficient (Wildman–Crippen LogP) is 3.07. The molecule has 0 atom stereocenters. The lowest BCUT2D eigenvalue weighted by Crippen LogP contribution is -1.96. The van der Waals surface area contributed by atoms with Crippen LogP contribution in [0.5, 0.6) is 10.9 Å². The topological polar surface area (TPSA) is 57.1 Å². The second kappa shape index (κ2) is 5.94. The third-order valence-corrected chi connectivity index (χ3v) is 3.38. The van der Waals surface area contributed by atoms with Gasteiger partial charge in [0, 0.05) is 30.4 Å². The van der Waals surface area contributed by atoms with Crippen molar-refractivity contribution in [3.8, 4) is 10.9 Å². The van der Waals surface area contributed by atoms with Gasteiger partial charge in [-0.2, -0.15) is 9.36 Å². The van der Waals surface area contributed by atoms with Gasteiger partial charge in [0.05, 0.1) is 18.3 Å². The lowest BCUT2D eigenvalue weighted by molar-refractivity contribution is 0.200. The van der Waals surface area contributed by atoms with Crippen molar-refractivity contribution in [2.75, 3.05) is 13.7 Å². The van der Waals surface area contributed by atoms with Crippen molar-refractivity contribution in [3.63, 3.8) is 0 Å². The average Bonchev–Trinajstić information content (AvgIpc) is 2.92. The number of aromatic nitrogens is 3. The molecule has 1 aromatic carbocycles. The molecule has 0 bridgehead atoms. The first-order valence-electron chi connectivity index (χ1n) is 6.19. The molecular weight excluding hydrogens is 274 g/mol. The number of fused-ring (bicyclic) bond motifs is 1. The lowest BCUT2D eigenvalue weighted by Gasteiger charge is -2.02. The molecule has 0 radical (unpaired) electrons. The Morgan fingerprint density at radius 1 is 1.25 bits per heavy atom. The second-order valence-electron chi connectivity index (χ2n) is 4.19. The van der Waals surface area contributed by atoms with Gasteiger partial charge in [-0.3, -0.25) is 4.98 Å². The molecule has 0 saturated carbocycles. The lowest BCUT2D eigenvalue weighted by atomic mass is 10.2. The smallest absolute Gasteiger partial charge is 0.298 e. The van der Waals surface area contributed by atoms with Gasteiger partial charge in [0.2, 0.25) is 0 Å². The fourth-order valence-electron chi connectivity index (χ4n) is 1.78. The molecule has 5 nitrogen and oxygen atoms in total. The van der Waals surface area contributed by atoms with Crippen molar-refractivity contribution in [1.82, 2.24) is 14.3 Å². The largest absolute Gasteiger partial charge is 0.428 e. The zero-order valence-electron chi connectivity index (χ0n) is 10.9. The maximum Gasteiger partial charge on any atom is 0.298 e. The quantitative estimate of drug-likeness (QED) is 0.722. The molecule has 0 amide bonds. The highest BCUT2D eigenvalue weighted by Crippen LogP contribution is 2.25. The van der Waals surface area contributed by atoms with E-state index in [0.717, 1.165) is 16.7 Å². The molecule has 2 heterocycles. The number of methoxy groups -OCH3 is 1. The van der Waals surface area contributed by atoms with E-state index in [0.29, 0.717) is 24.0 Å². The summed E-state index contributed by atoms with van der Waals surface area (Å²) in [5, 5.41) is 1.56. The number of hydrogen-bond donors (Lipinski definition) is 0. The van der Waals surface area contributed by atoms with Crippen molar-refractivity contribution in [2.24, 2.45) is 0 Å². The Labute approximate surface area is 120 Å². The van der Waals surface area contributed by atoms with Crippen LogP contribution in [0.3, 0.4) is 0 Å². The van der Waals surface area contributed by atoms with Crippen LogP contribution in [0.2, 0.25) is 0 Å². The Hall–Kier alpha value is -2.05. The van der Waals surface area contributed by atoms with Gasteiger partial charge < -0.3 is 9.47 Å². The number of benzene rings is 1. The minimum atomic E-state index is 0.521. The summed E-state index contributed by atoms with van der Waals surface area (Å²) in [5.41, 5.74) is 0.942. The molecule has 20 heavy (non-hydrogen) atoms. The molecule has 0 aliphatic heterocycles. The summed E-state index contributed by atoms with van der Waals surface area (Å²) < 4.78 is 14.9. The minimum absolute atomic E-state index is 0.521.